The van der Waals surface area contributed by atoms with Crippen LogP contribution >= 0.6 is 11.3 Å². The normalized spacial score (nSPS) is 22.4. The number of hydrogen-bond acceptors (Lipinski definition) is 3. The maximum absolute atomic E-state index is 12.9. The summed E-state index contributed by atoms with van der Waals surface area (Å²) in [7, 11) is 0. The van der Waals surface area contributed by atoms with Crippen molar-refractivity contribution in [1.82, 2.24) is 9.88 Å². The fourth-order valence-electron chi connectivity index (χ4n) is 4.47. The summed E-state index contributed by atoms with van der Waals surface area (Å²) < 4.78 is 1.23. The molecule has 2 aromatic rings. The van der Waals surface area contributed by atoms with Gasteiger partial charge >= 0.3 is 0 Å². The highest BCUT2D eigenvalue weighted by molar-refractivity contribution is 7.18. The molecule has 1 aromatic carbocycles. The van der Waals surface area contributed by atoms with Gasteiger partial charge in [0.05, 0.1) is 16.3 Å². The van der Waals surface area contributed by atoms with Crippen LogP contribution in [0.3, 0.4) is 0 Å². The zero-order valence-corrected chi connectivity index (χ0v) is 15.8. The van der Waals surface area contributed by atoms with E-state index in [1.54, 1.807) is 11.3 Å². The molecule has 4 heteroatoms. The third kappa shape index (κ3) is 3.89. The number of para-hydroxylation sites is 1. The van der Waals surface area contributed by atoms with Gasteiger partial charge in [-0.25, -0.2) is 4.98 Å². The number of rotatable bonds is 4. The van der Waals surface area contributed by atoms with E-state index >= 15 is 0 Å². The standard InChI is InChI=1S/C21H28N2OS/c24-20(14-13-16-8-2-1-3-9-16)23-15-7-6-11-18(23)21-22-17-10-4-5-12-19(17)25-21/h4-5,10,12,16,18H,1-3,6-9,11,13-15H2/t18-/m1/s1. The second-order valence-corrected chi connectivity index (χ2v) is 8.72. The molecule has 1 aromatic heterocycles. The Kier molecular flexibility index (Phi) is 5.35. The van der Waals surface area contributed by atoms with Crippen LogP contribution in [0.15, 0.2) is 24.3 Å². The minimum atomic E-state index is 0.199. The number of hydrogen-bond donors (Lipinski definition) is 0. The highest BCUT2D eigenvalue weighted by atomic mass is 32.1. The fourth-order valence-corrected chi connectivity index (χ4v) is 5.58. The van der Waals surface area contributed by atoms with E-state index in [1.165, 1.54) is 43.2 Å². The molecule has 1 aliphatic heterocycles. The molecule has 0 unspecified atom stereocenters. The Morgan fingerprint density at radius 1 is 1.08 bits per heavy atom. The molecular weight excluding hydrogens is 328 g/mol. The molecule has 1 aliphatic carbocycles. The molecular formula is C21H28N2OS. The van der Waals surface area contributed by atoms with Gasteiger partial charge in [-0.05, 0) is 43.7 Å². The van der Waals surface area contributed by atoms with Crippen LogP contribution in [0.1, 0.15) is 75.3 Å². The third-order valence-corrected chi connectivity index (χ3v) is 7.05. The lowest BCUT2D eigenvalue weighted by atomic mass is 9.86. The molecule has 1 saturated carbocycles. The van der Waals surface area contributed by atoms with Gasteiger partial charge < -0.3 is 4.90 Å². The average Bonchev–Trinajstić information content (AvgIpc) is 3.11. The Balaban J connectivity index is 1.45. The number of carbonyl (C=O) groups is 1. The Bertz CT molecular complexity index is 687. The third-order valence-electron chi connectivity index (χ3n) is 5.91. The number of benzene rings is 1. The molecule has 2 aliphatic rings. The minimum absolute atomic E-state index is 0.199. The topological polar surface area (TPSA) is 33.2 Å². The number of carbonyl (C=O) groups excluding carboxylic acids is 1. The van der Waals surface area contributed by atoms with Crippen molar-refractivity contribution in [1.29, 1.82) is 0 Å². The summed E-state index contributed by atoms with van der Waals surface area (Å²) >= 11 is 1.77. The molecule has 3 nitrogen and oxygen atoms in total. The smallest absolute Gasteiger partial charge is 0.223 e. The zero-order chi connectivity index (χ0) is 17.1. The molecule has 1 saturated heterocycles. The van der Waals surface area contributed by atoms with E-state index in [0.717, 1.165) is 48.7 Å². The van der Waals surface area contributed by atoms with Crippen molar-refractivity contribution < 1.29 is 4.79 Å². The first-order valence-electron chi connectivity index (χ1n) is 9.96. The van der Waals surface area contributed by atoms with E-state index < -0.39 is 0 Å². The highest BCUT2D eigenvalue weighted by Gasteiger charge is 2.30. The summed E-state index contributed by atoms with van der Waals surface area (Å²) in [5.41, 5.74) is 1.07. The quantitative estimate of drug-likeness (QED) is 0.703. The van der Waals surface area contributed by atoms with E-state index in [0.29, 0.717) is 5.91 Å². The number of fused-ring (bicyclic) bond motifs is 1. The van der Waals surface area contributed by atoms with Crippen LogP contribution in [0.25, 0.3) is 10.2 Å². The van der Waals surface area contributed by atoms with Crippen molar-refractivity contribution in [2.75, 3.05) is 6.54 Å². The molecule has 2 heterocycles. The van der Waals surface area contributed by atoms with Crippen molar-refractivity contribution in [3.8, 4) is 0 Å². The van der Waals surface area contributed by atoms with Gasteiger partial charge in [0.2, 0.25) is 5.91 Å². The Labute approximate surface area is 154 Å². The lowest BCUT2D eigenvalue weighted by Crippen LogP contribution is -2.38. The Morgan fingerprint density at radius 3 is 2.72 bits per heavy atom. The van der Waals surface area contributed by atoms with Gasteiger partial charge in [0.15, 0.2) is 0 Å². The number of likely N-dealkylation sites (tertiary alicyclic amines) is 1. The molecule has 0 N–H and O–H groups in total. The fraction of sp³-hybridized carbons (Fsp3) is 0.619. The first-order valence-corrected chi connectivity index (χ1v) is 10.8. The molecule has 1 amide bonds. The number of aromatic nitrogens is 1. The van der Waals surface area contributed by atoms with E-state index in [4.69, 9.17) is 4.98 Å². The van der Waals surface area contributed by atoms with Gasteiger partial charge in [0, 0.05) is 13.0 Å². The summed E-state index contributed by atoms with van der Waals surface area (Å²) in [5.74, 6) is 1.14. The summed E-state index contributed by atoms with van der Waals surface area (Å²) in [4.78, 5) is 19.9. The van der Waals surface area contributed by atoms with Crippen molar-refractivity contribution in [3.63, 3.8) is 0 Å². The van der Waals surface area contributed by atoms with Gasteiger partial charge in [-0.3, -0.25) is 4.79 Å². The molecule has 25 heavy (non-hydrogen) atoms. The van der Waals surface area contributed by atoms with Crippen LogP contribution in [0.5, 0.6) is 0 Å². The number of nitrogens with zero attached hydrogens (tertiary/aromatic N) is 2. The largest absolute Gasteiger partial charge is 0.333 e. The number of thiazole rings is 1. The van der Waals surface area contributed by atoms with Crippen molar-refractivity contribution in [2.45, 2.75) is 70.3 Å². The lowest BCUT2D eigenvalue weighted by Gasteiger charge is -2.35. The lowest BCUT2D eigenvalue weighted by molar-refractivity contribution is -0.135. The predicted octanol–water partition coefficient (Wildman–Crippen LogP) is 5.71. The first-order chi connectivity index (χ1) is 12.3. The van der Waals surface area contributed by atoms with E-state index in [9.17, 15) is 4.79 Å². The van der Waals surface area contributed by atoms with Crippen LogP contribution in [0.4, 0.5) is 0 Å². The second-order valence-electron chi connectivity index (χ2n) is 7.66. The van der Waals surface area contributed by atoms with Gasteiger partial charge in [-0.1, -0.05) is 44.2 Å². The summed E-state index contributed by atoms with van der Waals surface area (Å²) in [6, 6.07) is 8.52. The van der Waals surface area contributed by atoms with Crippen LogP contribution in [0.2, 0.25) is 0 Å². The van der Waals surface area contributed by atoms with Crippen molar-refractivity contribution in [2.24, 2.45) is 5.92 Å². The zero-order valence-electron chi connectivity index (χ0n) is 15.0. The van der Waals surface area contributed by atoms with E-state index in [-0.39, 0.29) is 6.04 Å². The van der Waals surface area contributed by atoms with Crippen LogP contribution in [-0.2, 0) is 4.79 Å². The maximum atomic E-state index is 12.9. The highest BCUT2D eigenvalue weighted by Crippen LogP contribution is 2.36. The summed E-state index contributed by atoms with van der Waals surface area (Å²) in [5, 5.41) is 1.13. The van der Waals surface area contributed by atoms with Gasteiger partial charge in [-0.15, -0.1) is 11.3 Å². The minimum Gasteiger partial charge on any atom is -0.333 e. The van der Waals surface area contributed by atoms with Gasteiger partial charge in [0.1, 0.15) is 5.01 Å². The van der Waals surface area contributed by atoms with E-state index in [1.807, 2.05) is 6.07 Å². The molecule has 0 spiro atoms. The molecule has 1 atom stereocenters. The first kappa shape index (κ1) is 17.0. The molecule has 134 valence electrons. The number of amides is 1. The van der Waals surface area contributed by atoms with Crippen molar-refractivity contribution in [3.05, 3.63) is 29.3 Å². The van der Waals surface area contributed by atoms with Crippen LogP contribution < -0.4 is 0 Å². The molecule has 4 rings (SSSR count). The second kappa shape index (κ2) is 7.86. The summed E-state index contributed by atoms with van der Waals surface area (Å²) in [6.45, 7) is 0.907. The molecule has 0 bridgehead atoms. The van der Waals surface area contributed by atoms with Crippen molar-refractivity contribution >= 4 is 27.5 Å². The summed E-state index contributed by atoms with van der Waals surface area (Å²) in [6.07, 6.45) is 12.0. The average molecular weight is 357 g/mol. The Morgan fingerprint density at radius 2 is 1.88 bits per heavy atom. The monoisotopic (exact) mass is 356 g/mol. The predicted molar refractivity (Wildman–Crippen MR) is 104 cm³/mol. The molecule has 2 fully saturated rings. The van der Waals surface area contributed by atoms with E-state index in [2.05, 4.69) is 23.1 Å². The van der Waals surface area contributed by atoms with Gasteiger partial charge in [0.25, 0.3) is 0 Å². The van der Waals surface area contributed by atoms with Crippen LogP contribution in [-0.4, -0.2) is 22.3 Å². The van der Waals surface area contributed by atoms with Gasteiger partial charge in [-0.2, -0.15) is 0 Å². The number of piperidine rings is 1. The van der Waals surface area contributed by atoms with Crippen LogP contribution in [0, 0.1) is 5.92 Å². The SMILES string of the molecule is O=C(CCC1CCCCC1)N1CCCC[C@@H]1c1nc2ccccc2s1. The Hall–Kier alpha value is -1.42. The maximum Gasteiger partial charge on any atom is 0.223 e. The molecule has 0 radical (unpaired) electrons.